The van der Waals surface area contributed by atoms with E-state index in [1.165, 1.54) is 17.5 Å². The number of hydrogen-bond acceptors (Lipinski definition) is 3. The maximum atomic E-state index is 12.1. The van der Waals surface area contributed by atoms with Gasteiger partial charge in [-0.3, -0.25) is 4.79 Å². The van der Waals surface area contributed by atoms with Gasteiger partial charge in [0.1, 0.15) is 0 Å². The van der Waals surface area contributed by atoms with Gasteiger partial charge in [-0.15, -0.1) is 0 Å². The van der Waals surface area contributed by atoms with Crippen LogP contribution in [0.25, 0.3) is 0 Å². The number of ether oxygens (including phenoxy) is 1. The van der Waals surface area contributed by atoms with E-state index >= 15 is 0 Å². The van der Waals surface area contributed by atoms with Gasteiger partial charge in [-0.05, 0) is 77.0 Å². The first-order valence-corrected chi connectivity index (χ1v) is 8.76. The first kappa shape index (κ1) is 16.7. The Kier molecular flexibility index (Phi) is 5.30. The molecule has 0 spiro atoms. The van der Waals surface area contributed by atoms with Crippen LogP contribution in [0.1, 0.15) is 34.3 Å². The number of amides is 1. The van der Waals surface area contributed by atoms with Gasteiger partial charge in [-0.25, -0.2) is 4.79 Å². The lowest BCUT2D eigenvalue weighted by Crippen LogP contribution is -2.21. The molecule has 0 saturated heterocycles. The summed E-state index contributed by atoms with van der Waals surface area (Å²) in [5, 5.41) is 2.70. The average Bonchev–Trinajstić information content (AvgIpc) is 2.61. The number of halogens is 1. The van der Waals surface area contributed by atoms with E-state index in [2.05, 4.69) is 21.2 Å². The van der Waals surface area contributed by atoms with Crippen molar-refractivity contribution < 1.29 is 14.3 Å². The van der Waals surface area contributed by atoms with Crippen molar-refractivity contribution in [2.45, 2.75) is 25.7 Å². The molecular weight excluding hydrogens is 370 g/mol. The molecule has 0 bridgehead atoms. The van der Waals surface area contributed by atoms with Crippen molar-refractivity contribution in [2.75, 3.05) is 11.9 Å². The zero-order valence-corrected chi connectivity index (χ0v) is 14.8. The van der Waals surface area contributed by atoms with Crippen LogP contribution in [0.15, 0.2) is 46.9 Å². The van der Waals surface area contributed by atoms with Crippen molar-refractivity contribution >= 4 is 33.5 Å². The number of fused-ring (bicyclic) bond motifs is 1. The van der Waals surface area contributed by atoms with Crippen molar-refractivity contribution in [3.8, 4) is 0 Å². The van der Waals surface area contributed by atoms with E-state index in [0.29, 0.717) is 11.3 Å². The van der Waals surface area contributed by atoms with Crippen molar-refractivity contribution in [1.29, 1.82) is 0 Å². The molecule has 1 aliphatic carbocycles. The highest BCUT2D eigenvalue weighted by Gasteiger charge is 2.15. The lowest BCUT2D eigenvalue weighted by atomic mass is 9.90. The van der Waals surface area contributed by atoms with E-state index in [1.54, 1.807) is 12.1 Å². The highest BCUT2D eigenvalue weighted by atomic mass is 79.9. The van der Waals surface area contributed by atoms with Crippen molar-refractivity contribution in [1.82, 2.24) is 0 Å². The Bertz CT molecular complexity index is 773. The number of anilines is 1. The predicted octanol–water partition coefficient (Wildman–Crippen LogP) is 4.12. The molecule has 1 N–H and O–H groups in total. The summed E-state index contributed by atoms with van der Waals surface area (Å²) in [4.78, 5) is 24.1. The largest absolute Gasteiger partial charge is 0.452 e. The number of nitrogens with one attached hydrogen (secondary N) is 1. The summed E-state index contributed by atoms with van der Waals surface area (Å²) < 4.78 is 5.90. The van der Waals surface area contributed by atoms with Crippen LogP contribution in [-0.2, 0) is 22.4 Å². The number of esters is 1. The minimum atomic E-state index is -0.467. The Balaban J connectivity index is 1.57. The molecule has 0 aliphatic heterocycles. The molecule has 4 nitrogen and oxygen atoms in total. The molecule has 0 aromatic heterocycles. The van der Waals surface area contributed by atoms with Gasteiger partial charge < -0.3 is 10.1 Å². The molecule has 1 aliphatic rings. The fourth-order valence-corrected chi connectivity index (χ4v) is 3.21. The number of rotatable bonds is 4. The molecule has 0 atom stereocenters. The fourth-order valence-electron chi connectivity index (χ4n) is 2.82. The van der Waals surface area contributed by atoms with Gasteiger partial charge in [0.2, 0.25) is 0 Å². The van der Waals surface area contributed by atoms with E-state index in [-0.39, 0.29) is 12.5 Å². The lowest BCUT2D eigenvalue weighted by molar-refractivity contribution is -0.119. The van der Waals surface area contributed by atoms with Gasteiger partial charge in [0, 0.05) is 4.47 Å². The summed E-state index contributed by atoms with van der Waals surface area (Å²) in [6.45, 7) is -0.308. The highest BCUT2D eigenvalue weighted by Crippen LogP contribution is 2.23. The minimum absolute atomic E-state index is 0.308. The zero-order chi connectivity index (χ0) is 16.9. The Labute approximate surface area is 149 Å². The minimum Gasteiger partial charge on any atom is -0.452 e. The van der Waals surface area contributed by atoms with E-state index < -0.39 is 5.97 Å². The van der Waals surface area contributed by atoms with Crippen LogP contribution in [0.4, 0.5) is 5.69 Å². The normalized spacial score (nSPS) is 13.0. The maximum Gasteiger partial charge on any atom is 0.338 e. The van der Waals surface area contributed by atoms with Gasteiger partial charge in [0.25, 0.3) is 5.91 Å². The summed E-state index contributed by atoms with van der Waals surface area (Å²) in [5.74, 6) is -0.834. The molecular formula is C19H18BrNO3. The predicted molar refractivity (Wildman–Crippen MR) is 96.1 cm³/mol. The highest BCUT2D eigenvalue weighted by molar-refractivity contribution is 9.10. The van der Waals surface area contributed by atoms with Crippen LogP contribution in [0.3, 0.4) is 0 Å². The number of carbonyl (C=O) groups is 2. The third kappa shape index (κ3) is 4.03. The quantitative estimate of drug-likeness (QED) is 0.802. The average molecular weight is 388 g/mol. The van der Waals surface area contributed by atoms with E-state index in [4.69, 9.17) is 4.74 Å². The van der Waals surface area contributed by atoms with Gasteiger partial charge >= 0.3 is 5.97 Å². The third-order valence-corrected chi connectivity index (χ3v) is 4.76. The first-order chi connectivity index (χ1) is 11.6. The number of benzene rings is 2. The summed E-state index contributed by atoms with van der Waals surface area (Å²) in [7, 11) is 0. The van der Waals surface area contributed by atoms with Gasteiger partial charge in [0.15, 0.2) is 6.61 Å². The van der Waals surface area contributed by atoms with E-state index in [0.717, 1.165) is 23.7 Å². The number of carbonyl (C=O) groups excluding carboxylic acids is 2. The summed E-state index contributed by atoms with van der Waals surface area (Å²) in [5.41, 5.74) is 3.68. The fraction of sp³-hybridized carbons (Fsp3) is 0.263. The SMILES string of the molecule is O=C(COC(=O)c1ccc2c(c1)CCCC2)Nc1ccccc1Br. The summed E-state index contributed by atoms with van der Waals surface area (Å²) >= 11 is 3.35. The van der Waals surface area contributed by atoms with E-state index in [9.17, 15) is 9.59 Å². The van der Waals surface area contributed by atoms with Crippen molar-refractivity contribution in [3.05, 3.63) is 63.6 Å². The monoisotopic (exact) mass is 387 g/mol. The molecule has 5 heteroatoms. The Morgan fingerprint density at radius 3 is 2.58 bits per heavy atom. The number of aryl methyl sites for hydroxylation is 2. The van der Waals surface area contributed by atoms with Crippen LogP contribution < -0.4 is 5.32 Å². The second-order valence-corrected chi connectivity index (χ2v) is 6.65. The van der Waals surface area contributed by atoms with Crippen molar-refractivity contribution in [3.63, 3.8) is 0 Å². The molecule has 124 valence electrons. The molecule has 3 rings (SSSR count). The Morgan fingerprint density at radius 2 is 1.79 bits per heavy atom. The molecule has 1 amide bonds. The third-order valence-electron chi connectivity index (χ3n) is 4.07. The van der Waals surface area contributed by atoms with Crippen LogP contribution in [0.5, 0.6) is 0 Å². The second-order valence-electron chi connectivity index (χ2n) is 5.79. The van der Waals surface area contributed by atoms with Crippen molar-refractivity contribution in [2.24, 2.45) is 0 Å². The molecule has 0 radical (unpaired) electrons. The van der Waals surface area contributed by atoms with E-state index in [1.807, 2.05) is 30.3 Å². The second kappa shape index (κ2) is 7.62. The molecule has 0 unspecified atom stereocenters. The Hall–Kier alpha value is -2.14. The molecule has 0 fully saturated rings. The van der Waals surface area contributed by atoms with Crippen LogP contribution in [0, 0.1) is 0 Å². The molecule has 24 heavy (non-hydrogen) atoms. The lowest BCUT2D eigenvalue weighted by Gasteiger charge is -2.16. The summed E-state index contributed by atoms with van der Waals surface area (Å²) in [6.07, 6.45) is 4.42. The van der Waals surface area contributed by atoms with Gasteiger partial charge in [-0.1, -0.05) is 18.2 Å². The molecule has 2 aromatic carbocycles. The number of hydrogen-bond donors (Lipinski definition) is 1. The molecule has 0 heterocycles. The van der Waals surface area contributed by atoms with Crippen LogP contribution >= 0.6 is 15.9 Å². The standard InChI is InChI=1S/C19H18BrNO3/c20-16-7-3-4-8-17(16)21-18(22)12-24-19(23)15-10-9-13-5-1-2-6-14(13)11-15/h3-4,7-11H,1-2,5-6,12H2,(H,21,22). The van der Waals surface area contributed by atoms with Gasteiger partial charge in [0.05, 0.1) is 11.3 Å². The molecule has 0 saturated carbocycles. The maximum absolute atomic E-state index is 12.1. The number of para-hydroxylation sites is 1. The topological polar surface area (TPSA) is 55.4 Å². The smallest absolute Gasteiger partial charge is 0.338 e. The summed E-state index contributed by atoms with van der Waals surface area (Å²) in [6, 6.07) is 12.9. The molecule has 2 aromatic rings. The first-order valence-electron chi connectivity index (χ1n) is 7.97. The Morgan fingerprint density at radius 1 is 1.04 bits per heavy atom. The van der Waals surface area contributed by atoms with Crippen LogP contribution in [-0.4, -0.2) is 18.5 Å². The van der Waals surface area contributed by atoms with Gasteiger partial charge in [-0.2, -0.15) is 0 Å². The van der Waals surface area contributed by atoms with Crippen LogP contribution in [0.2, 0.25) is 0 Å². The zero-order valence-electron chi connectivity index (χ0n) is 13.2.